The van der Waals surface area contributed by atoms with E-state index in [4.69, 9.17) is 5.73 Å². The fourth-order valence-corrected chi connectivity index (χ4v) is 1.24. The average Bonchev–Trinajstić information content (AvgIpc) is 2.83. The van der Waals surface area contributed by atoms with Crippen molar-refractivity contribution >= 4 is 18.0 Å². The molecule has 0 aromatic heterocycles. The molecule has 0 aromatic rings. The molecule has 1 aliphatic rings. The van der Waals surface area contributed by atoms with E-state index < -0.39 is 0 Å². The van der Waals surface area contributed by atoms with Crippen LogP contribution >= 0.6 is 0 Å². The van der Waals surface area contributed by atoms with Crippen LogP contribution in [0.5, 0.6) is 0 Å². The summed E-state index contributed by atoms with van der Waals surface area (Å²) in [5.74, 6) is 1.41. The molecule has 1 rings (SSSR count). The Morgan fingerprint density at radius 2 is 2.41 bits per heavy atom. The first-order valence-electron chi connectivity index (χ1n) is 5.45. The molecule has 1 atom stereocenters. The summed E-state index contributed by atoms with van der Waals surface area (Å²) in [6, 6.07) is 0. The van der Waals surface area contributed by atoms with E-state index in [-0.39, 0.29) is 5.92 Å². The first-order chi connectivity index (χ1) is 8.24. The van der Waals surface area contributed by atoms with E-state index in [2.05, 4.69) is 26.2 Å². The van der Waals surface area contributed by atoms with E-state index in [1.807, 2.05) is 26.0 Å². The molecular formula is C10H19N7. The Morgan fingerprint density at radius 1 is 1.65 bits per heavy atom. The molecule has 1 aliphatic heterocycles. The van der Waals surface area contributed by atoms with Crippen LogP contribution < -0.4 is 16.8 Å². The zero-order valence-corrected chi connectivity index (χ0v) is 10.4. The van der Waals surface area contributed by atoms with E-state index in [0.29, 0.717) is 12.5 Å². The van der Waals surface area contributed by atoms with Gasteiger partial charge >= 0.3 is 0 Å². The fourth-order valence-electron chi connectivity index (χ4n) is 1.24. The summed E-state index contributed by atoms with van der Waals surface area (Å²) in [5, 5.41) is 5.79. The SMILES string of the molecule is C/C=C\C=NC(=NC)N1NNN=C1C(C)CN. The Morgan fingerprint density at radius 3 is 3.00 bits per heavy atom. The summed E-state index contributed by atoms with van der Waals surface area (Å²) >= 11 is 0. The van der Waals surface area contributed by atoms with Crippen molar-refractivity contribution in [1.29, 1.82) is 0 Å². The molecule has 94 valence electrons. The van der Waals surface area contributed by atoms with Crippen LogP contribution in [0.15, 0.2) is 27.2 Å². The van der Waals surface area contributed by atoms with Crippen molar-refractivity contribution in [3.63, 3.8) is 0 Å². The lowest BCUT2D eigenvalue weighted by Gasteiger charge is -2.20. The van der Waals surface area contributed by atoms with Crippen LogP contribution in [-0.2, 0) is 0 Å². The highest BCUT2D eigenvalue weighted by molar-refractivity contribution is 6.03. The molecular weight excluding hydrogens is 218 g/mol. The van der Waals surface area contributed by atoms with E-state index >= 15 is 0 Å². The highest BCUT2D eigenvalue weighted by atomic mass is 15.8. The number of nitrogens with two attached hydrogens (primary N) is 1. The molecule has 0 aromatic carbocycles. The predicted molar refractivity (Wildman–Crippen MR) is 70.4 cm³/mol. The second-order valence-corrected chi connectivity index (χ2v) is 3.49. The van der Waals surface area contributed by atoms with E-state index in [1.54, 1.807) is 18.3 Å². The molecule has 4 N–H and O–H groups in total. The quantitative estimate of drug-likeness (QED) is 0.470. The van der Waals surface area contributed by atoms with Crippen molar-refractivity contribution in [3.8, 4) is 0 Å². The van der Waals surface area contributed by atoms with Gasteiger partial charge < -0.3 is 5.73 Å². The minimum Gasteiger partial charge on any atom is -0.330 e. The molecule has 0 spiro atoms. The summed E-state index contributed by atoms with van der Waals surface area (Å²) in [6.07, 6.45) is 5.40. The van der Waals surface area contributed by atoms with Gasteiger partial charge in [-0.15, -0.1) is 10.6 Å². The number of hydrogen-bond acceptors (Lipinski definition) is 5. The highest BCUT2D eigenvalue weighted by Crippen LogP contribution is 2.05. The Labute approximate surface area is 101 Å². The average molecular weight is 237 g/mol. The summed E-state index contributed by atoms with van der Waals surface area (Å²) in [7, 11) is 1.67. The number of hydrazone groups is 1. The van der Waals surface area contributed by atoms with Gasteiger partial charge in [0.15, 0.2) is 5.84 Å². The molecule has 0 radical (unpaired) electrons. The van der Waals surface area contributed by atoms with Gasteiger partial charge in [-0.05, 0) is 13.0 Å². The van der Waals surface area contributed by atoms with Gasteiger partial charge in [-0.25, -0.2) is 15.5 Å². The molecule has 0 aliphatic carbocycles. The topological polar surface area (TPSA) is 90.4 Å². The molecule has 0 fully saturated rings. The van der Waals surface area contributed by atoms with Gasteiger partial charge in [-0.3, -0.25) is 4.99 Å². The van der Waals surface area contributed by atoms with Crippen molar-refractivity contribution < 1.29 is 0 Å². The van der Waals surface area contributed by atoms with Crippen LogP contribution in [0.3, 0.4) is 0 Å². The van der Waals surface area contributed by atoms with Crippen molar-refractivity contribution in [2.45, 2.75) is 13.8 Å². The summed E-state index contributed by atoms with van der Waals surface area (Å²) < 4.78 is 0. The van der Waals surface area contributed by atoms with Crippen molar-refractivity contribution in [2.75, 3.05) is 13.6 Å². The first-order valence-corrected chi connectivity index (χ1v) is 5.45. The fraction of sp³-hybridized carbons (Fsp3) is 0.500. The lowest BCUT2D eigenvalue weighted by molar-refractivity contribution is 0.401. The molecule has 0 amide bonds. The van der Waals surface area contributed by atoms with Crippen LogP contribution in [0.2, 0.25) is 0 Å². The third kappa shape index (κ3) is 3.36. The number of rotatable bonds is 3. The van der Waals surface area contributed by atoms with E-state index in [0.717, 1.165) is 5.84 Å². The van der Waals surface area contributed by atoms with Crippen molar-refractivity contribution in [1.82, 2.24) is 16.1 Å². The van der Waals surface area contributed by atoms with Crippen LogP contribution in [0.4, 0.5) is 0 Å². The number of hydrogen-bond donors (Lipinski definition) is 3. The second-order valence-electron chi connectivity index (χ2n) is 3.49. The molecule has 1 heterocycles. The Hall–Kier alpha value is -1.73. The second kappa shape index (κ2) is 6.77. The zero-order chi connectivity index (χ0) is 12.7. The maximum Gasteiger partial charge on any atom is 0.242 e. The number of allylic oxidation sites excluding steroid dienone is 2. The number of amidine groups is 1. The van der Waals surface area contributed by atoms with Crippen LogP contribution in [0.1, 0.15) is 13.8 Å². The molecule has 7 heteroatoms. The van der Waals surface area contributed by atoms with Gasteiger partial charge in [0, 0.05) is 25.7 Å². The molecule has 0 saturated carbocycles. The minimum atomic E-state index is 0.117. The largest absolute Gasteiger partial charge is 0.330 e. The Bertz CT molecular complexity index is 356. The van der Waals surface area contributed by atoms with Crippen molar-refractivity contribution in [3.05, 3.63) is 12.2 Å². The third-order valence-corrected chi connectivity index (χ3v) is 2.22. The lowest BCUT2D eigenvalue weighted by Crippen LogP contribution is -2.47. The molecule has 7 nitrogen and oxygen atoms in total. The normalized spacial score (nSPS) is 18.9. The molecule has 1 unspecified atom stereocenters. The lowest BCUT2D eigenvalue weighted by atomic mass is 10.1. The monoisotopic (exact) mass is 237 g/mol. The predicted octanol–water partition coefficient (Wildman–Crippen LogP) is -0.148. The summed E-state index contributed by atoms with van der Waals surface area (Å²) in [5.41, 5.74) is 11.2. The smallest absolute Gasteiger partial charge is 0.242 e. The number of guanidine groups is 1. The molecule has 0 bridgehead atoms. The van der Waals surface area contributed by atoms with Gasteiger partial charge in [-0.2, -0.15) is 0 Å². The number of nitrogens with zero attached hydrogens (tertiary/aromatic N) is 4. The molecule has 17 heavy (non-hydrogen) atoms. The van der Waals surface area contributed by atoms with Gasteiger partial charge in [0.2, 0.25) is 5.96 Å². The Kier molecular flexibility index (Phi) is 5.31. The van der Waals surface area contributed by atoms with E-state index in [1.165, 1.54) is 0 Å². The minimum absolute atomic E-state index is 0.117. The third-order valence-electron chi connectivity index (χ3n) is 2.22. The maximum absolute atomic E-state index is 5.62. The first kappa shape index (κ1) is 13.3. The molecule has 0 saturated heterocycles. The van der Waals surface area contributed by atoms with E-state index in [9.17, 15) is 0 Å². The van der Waals surface area contributed by atoms with Gasteiger partial charge in [0.25, 0.3) is 0 Å². The van der Waals surface area contributed by atoms with Crippen LogP contribution in [-0.4, -0.2) is 36.6 Å². The van der Waals surface area contributed by atoms with Gasteiger partial charge in [0.1, 0.15) is 0 Å². The Balaban J connectivity index is 2.80. The van der Waals surface area contributed by atoms with Crippen LogP contribution in [0, 0.1) is 5.92 Å². The van der Waals surface area contributed by atoms with Gasteiger partial charge in [-0.1, -0.05) is 13.0 Å². The van der Waals surface area contributed by atoms with Crippen molar-refractivity contribution in [2.24, 2.45) is 26.7 Å². The number of hydrazine groups is 2. The maximum atomic E-state index is 5.62. The summed E-state index contributed by atoms with van der Waals surface area (Å²) in [6.45, 7) is 4.42. The van der Waals surface area contributed by atoms with Crippen LogP contribution in [0.25, 0.3) is 0 Å². The van der Waals surface area contributed by atoms with Gasteiger partial charge in [0.05, 0.1) is 0 Å². The number of nitrogens with one attached hydrogen (secondary N) is 2. The highest BCUT2D eigenvalue weighted by Gasteiger charge is 2.25. The summed E-state index contributed by atoms with van der Waals surface area (Å²) in [4.78, 5) is 8.32. The standard InChI is InChI=1S/C10H19N7/c1-4-5-6-13-10(12-3)17-9(8(2)7-11)14-15-16-17/h4-6,8,15-16H,7,11H2,1-3H3/b5-4-,12-10?,13-6?. The zero-order valence-electron chi connectivity index (χ0n) is 10.4. The number of aliphatic imine (C=N–C) groups is 2.